The minimum Gasteiger partial charge on any atom is -0.302 e. The fourth-order valence-corrected chi connectivity index (χ4v) is 3.33. The molecule has 1 N–H and O–H groups in total. The van der Waals surface area contributed by atoms with Gasteiger partial charge >= 0.3 is 0 Å². The Morgan fingerprint density at radius 3 is 2.39 bits per heavy atom. The molecule has 0 radical (unpaired) electrons. The lowest BCUT2D eigenvalue weighted by Gasteiger charge is -2.40. The second-order valence-electron chi connectivity index (χ2n) is 6.01. The Morgan fingerprint density at radius 1 is 1.28 bits per heavy atom. The molecule has 18 heavy (non-hydrogen) atoms. The number of hydrogen-bond donors (Lipinski definition) is 1. The van der Waals surface area contributed by atoms with E-state index < -0.39 is 0 Å². The molecule has 2 rings (SSSR count). The second-order valence-corrected chi connectivity index (χ2v) is 6.01. The van der Waals surface area contributed by atoms with Crippen molar-refractivity contribution in [2.24, 2.45) is 0 Å². The Hall–Kier alpha value is -0.630. The van der Waals surface area contributed by atoms with Gasteiger partial charge in [0.05, 0.1) is 6.07 Å². The van der Waals surface area contributed by atoms with Crippen molar-refractivity contribution in [3.8, 4) is 6.07 Å². The first-order valence-corrected chi connectivity index (χ1v) is 7.18. The molecule has 2 atom stereocenters. The highest BCUT2D eigenvalue weighted by molar-refractivity contribution is 5.13. The number of nitrogens with zero attached hydrogens (tertiary/aromatic N) is 3. The minimum atomic E-state index is -0.264. The first-order valence-electron chi connectivity index (χ1n) is 7.18. The Bertz CT molecular complexity index is 314. The quantitative estimate of drug-likeness (QED) is 0.813. The Balaban J connectivity index is 1.87. The van der Waals surface area contributed by atoms with Gasteiger partial charge < -0.3 is 5.32 Å². The molecule has 0 amide bonds. The predicted octanol–water partition coefficient (Wildman–Crippen LogP) is 1.05. The van der Waals surface area contributed by atoms with Gasteiger partial charge in [-0.1, -0.05) is 0 Å². The SMILES string of the molecule is CNC1(C#N)CCC(N2CCN(C(C)C)CC2)C1. The molecular formula is C14H26N4. The third-order valence-corrected chi connectivity index (χ3v) is 4.78. The molecule has 1 aliphatic heterocycles. The highest BCUT2D eigenvalue weighted by atomic mass is 15.3. The number of nitriles is 1. The molecule has 2 unspecified atom stereocenters. The highest BCUT2D eigenvalue weighted by Crippen LogP contribution is 2.32. The van der Waals surface area contributed by atoms with Gasteiger partial charge in [0.15, 0.2) is 0 Å². The smallest absolute Gasteiger partial charge is 0.108 e. The van der Waals surface area contributed by atoms with Crippen molar-refractivity contribution in [2.45, 2.75) is 50.7 Å². The fourth-order valence-electron chi connectivity index (χ4n) is 3.33. The standard InChI is InChI=1S/C14H26N4/c1-12(2)17-6-8-18(9-7-17)13-4-5-14(10-13,11-15)16-3/h12-13,16H,4-10H2,1-3H3. The van der Waals surface area contributed by atoms with Crippen LogP contribution in [0.4, 0.5) is 0 Å². The van der Waals surface area contributed by atoms with Crippen molar-refractivity contribution in [2.75, 3.05) is 33.2 Å². The average molecular weight is 250 g/mol. The van der Waals surface area contributed by atoms with E-state index in [4.69, 9.17) is 0 Å². The van der Waals surface area contributed by atoms with E-state index in [2.05, 4.69) is 35.0 Å². The molecule has 1 saturated carbocycles. The van der Waals surface area contributed by atoms with Crippen LogP contribution >= 0.6 is 0 Å². The summed E-state index contributed by atoms with van der Waals surface area (Å²) in [6.07, 6.45) is 3.15. The van der Waals surface area contributed by atoms with Crippen LogP contribution in [0.25, 0.3) is 0 Å². The van der Waals surface area contributed by atoms with Crippen molar-refractivity contribution in [3.05, 3.63) is 0 Å². The van der Waals surface area contributed by atoms with E-state index in [0.29, 0.717) is 12.1 Å². The summed E-state index contributed by atoms with van der Waals surface area (Å²) in [7, 11) is 1.92. The number of piperazine rings is 1. The summed E-state index contributed by atoms with van der Waals surface area (Å²) in [4.78, 5) is 5.14. The van der Waals surface area contributed by atoms with Gasteiger partial charge in [-0.15, -0.1) is 0 Å². The molecule has 2 aliphatic rings. The normalized spacial score (nSPS) is 34.9. The summed E-state index contributed by atoms with van der Waals surface area (Å²) in [6.45, 7) is 9.21. The number of nitrogens with one attached hydrogen (secondary N) is 1. The molecule has 1 saturated heterocycles. The van der Waals surface area contributed by atoms with Gasteiger partial charge in [-0.05, 0) is 40.2 Å². The van der Waals surface area contributed by atoms with Crippen molar-refractivity contribution in [1.29, 1.82) is 5.26 Å². The maximum Gasteiger partial charge on any atom is 0.108 e. The molecule has 0 aromatic heterocycles. The molecule has 0 aromatic carbocycles. The maximum atomic E-state index is 9.31. The molecule has 102 valence electrons. The summed E-state index contributed by atoms with van der Waals surface area (Å²) in [5, 5.41) is 12.5. The largest absolute Gasteiger partial charge is 0.302 e. The molecule has 1 heterocycles. The lowest BCUT2D eigenvalue weighted by atomic mass is 9.99. The first-order chi connectivity index (χ1) is 8.60. The summed E-state index contributed by atoms with van der Waals surface area (Å²) in [6, 6.07) is 3.74. The van der Waals surface area contributed by atoms with E-state index in [1.165, 1.54) is 13.1 Å². The van der Waals surface area contributed by atoms with E-state index in [9.17, 15) is 5.26 Å². The zero-order valence-electron chi connectivity index (χ0n) is 11.9. The Labute approximate surface area is 111 Å². The van der Waals surface area contributed by atoms with Gasteiger partial charge in [-0.2, -0.15) is 5.26 Å². The molecule has 4 heteroatoms. The topological polar surface area (TPSA) is 42.3 Å². The molecule has 0 bridgehead atoms. The summed E-state index contributed by atoms with van der Waals surface area (Å²) < 4.78 is 0. The van der Waals surface area contributed by atoms with Crippen LogP contribution in [0.1, 0.15) is 33.1 Å². The van der Waals surface area contributed by atoms with Crippen LogP contribution in [-0.2, 0) is 0 Å². The van der Waals surface area contributed by atoms with E-state index >= 15 is 0 Å². The highest BCUT2D eigenvalue weighted by Gasteiger charge is 2.41. The summed E-state index contributed by atoms with van der Waals surface area (Å²) in [5.74, 6) is 0. The van der Waals surface area contributed by atoms with Crippen molar-refractivity contribution < 1.29 is 0 Å². The van der Waals surface area contributed by atoms with Crippen LogP contribution in [0.2, 0.25) is 0 Å². The van der Waals surface area contributed by atoms with Gasteiger partial charge in [-0.25, -0.2) is 0 Å². The van der Waals surface area contributed by atoms with Crippen LogP contribution in [0.3, 0.4) is 0 Å². The fraction of sp³-hybridized carbons (Fsp3) is 0.929. The van der Waals surface area contributed by atoms with Crippen molar-refractivity contribution >= 4 is 0 Å². The monoisotopic (exact) mass is 250 g/mol. The first kappa shape index (κ1) is 13.8. The summed E-state index contributed by atoms with van der Waals surface area (Å²) in [5.41, 5.74) is -0.264. The van der Waals surface area contributed by atoms with Gasteiger partial charge in [-0.3, -0.25) is 9.80 Å². The van der Waals surface area contributed by atoms with Crippen molar-refractivity contribution in [3.63, 3.8) is 0 Å². The summed E-state index contributed by atoms with van der Waals surface area (Å²) >= 11 is 0. The molecule has 1 aliphatic carbocycles. The zero-order valence-corrected chi connectivity index (χ0v) is 11.9. The van der Waals surface area contributed by atoms with Gasteiger partial charge in [0, 0.05) is 38.3 Å². The van der Waals surface area contributed by atoms with Crippen LogP contribution < -0.4 is 5.32 Å². The third-order valence-electron chi connectivity index (χ3n) is 4.78. The number of hydrogen-bond acceptors (Lipinski definition) is 4. The van der Waals surface area contributed by atoms with E-state index in [1.54, 1.807) is 0 Å². The lowest BCUT2D eigenvalue weighted by molar-refractivity contribution is 0.0782. The molecule has 0 aromatic rings. The van der Waals surface area contributed by atoms with Crippen molar-refractivity contribution in [1.82, 2.24) is 15.1 Å². The van der Waals surface area contributed by atoms with E-state index in [1.807, 2.05) is 7.05 Å². The van der Waals surface area contributed by atoms with Crippen LogP contribution in [0.15, 0.2) is 0 Å². The minimum absolute atomic E-state index is 0.264. The van der Waals surface area contributed by atoms with Crippen LogP contribution in [0.5, 0.6) is 0 Å². The molecule has 4 nitrogen and oxygen atoms in total. The van der Waals surface area contributed by atoms with Crippen LogP contribution in [0, 0.1) is 11.3 Å². The van der Waals surface area contributed by atoms with E-state index in [0.717, 1.165) is 32.4 Å². The molecule has 2 fully saturated rings. The Kier molecular flexibility index (Phi) is 4.26. The Morgan fingerprint density at radius 2 is 1.94 bits per heavy atom. The number of rotatable bonds is 3. The lowest BCUT2D eigenvalue weighted by Crippen LogP contribution is -2.52. The third kappa shape index (κ3) is 2.69. The molecular weight excluding hydrogens is 224 g/mol. The van der Waals surface area contributed by atoms with Gasteiger partial charge in [0.1, 0.15) is 5.54 Å². The van der Waals surface area contributed by atoms with Gasteiger partial charge in [0.25, 0.3) is 0 Å². The zero-order chi connectivity index (χ0) is 13.2. The predicted molar refractivity (Wildman–Crippen MR) is 73.3 cm³/mol. The van der Waals surface area contributed by atoms with Crippen LogP contribution in [-0.4, -0.2) is 60.6 Å². The molecule has 0 spiro atoms. The maximum absolute atomic E-state index is 9.31. The average Bonchev–Trinajstić information content (AvgIpc) is 2.84. The second kappa shape index (κ2) is 5.56. The van der Waals surface area contributed by atoms with Gasteiger partial charge in [0.2, 0.25) is 0 Å². The van der Waals surface area contributed by atoms with E-state index in [-0.39, 0.29) is 5.54 Å².